The summed E-state index contributed by atoms with van der Waals surface area (Å²) in [6.45, 7) is 6.62. The number of hydrogen-bond acceptors (Lipinski definition) is 6. The van der Waals surface area contributed by atoms with Crippen molar-refractivity contribution in [3.8, 4) is 0 Å². The van der Waals surface area contributed by atoms with Crippen molar-refractivity contribution in [2.24, 2.45) is 0 Å². The van der Waals surface area contributed by atoms with Crippen molar-refractivity contribution in [3.05, 3.63) is 65.2 Å². The van der Waals surface area contributed by atoms with E-state index in [1.165, 1.54) is 5.56 Å². The fourth-order valence-electron chi connectivity index (χ4n) is 5.04. The molecule has 2 amide bonds. The number of piperidine rings is 1. The molecule has 2 aromatic carbocycles. The number of nitrogens with one attached hydrogen (secondary N) is 1. The van der Waals surface area contributed by atoms with Crippen LogP contribution in [0, 0.1) is 0 Å². The highest BCUT2D eigenvalue weighted by Gasteiger charge is 2.33. The van der Waals surface area contributed by atoms with Crippen molar-refractivity contribution in [1.29, 1.82) is 0 Å². The van der Waals surface area contributed by atoms with Crippen molar-refractivity contribution in [2.45, 2.75) is 64.3 Å². The van der Waals surface area contributed by atoms with Crippen LogP contribution < -0.4 is 5.32 Å². The topological polar surface area (TPSA) is 108 Å². The van der Waals surface area contributed by atoms with Crippen LogP contribution in [-0.2, 0) is 38.6 Å². The molecule has 39 heavy (non-hydrogen) atoms. The second-order valence-corrected chi connectivity index (χ2v) is 10.6. The first-order valence-corrected chi connectivity index (χ1v) is 13.2. The van der Waals surface area contributed by atoms with E-state index in [-0.39, 0.29) is 55.7 Å². The Balaban J connectivity index is 0.00000420. The van der Waals surface area contributed by atoms with E-state index in [1.807, 2.05) is 48.5 Å². The third-order valence-electron chi connectivity index (χ3n) is 7.28. The van der Waals surface area contributed by atoms with Gasteiger partial charge < -0.3 is 24.8 Å². The summed E-state index contributed by atoms with van der Waals surface area (Å²) in [7, 11) is 0. The van der Waals surface area contributed by atoms with E-state index in [1.54, 1.807) is 4.90 Å². The normalized spacial score (nSPS) is 17.0. The van der Waals surface area contributed by atoms with E-state index >= 15 is 0 Å². The maximum absolute atomic E-state index is 12.6. The molecule has 2 N–H and O–H groups in total. The van der Waals surface area contributed by atoms with Gasteiger partial charge in [0, 0.05) is 37.4 Å². The van der Waals surface area contributed by atoms with Crippen LogP contribution in [0.4, 0.5) is 10.5 Å². The lowest BCUT2D eigenvalue weighted by atomic mass is 9.85. The largest absolute Gasteiger partial charge is 0.481 e. The number of aliphatic carboxylic acids is 1. The summed E-state index contributed by atoms with van der Waals surface area (Å²) < 4.78 is 11.2. The number of nitrogens with zero attached hydrogens (tertiary/aromatic N) is 2. The van der Waals surface area contributed by atoms with E-state index in [0.29, 0.717) is 44.7 Å². The fourth-order valence-corrected chi connectivity index (χ4v) is 5.04. The van der Waals surface area contributed by atoms with Crippen LogP contribution in [0.15, 0.2) is 48.5 Å². The van der Waals surface area contributed by atoms with Crippen LogP contribution >= 0.6 is 12.4 Å². The predicted octanol–water partition coefficient (Wildman–Crippen LogP) is 4.48. The number of amides is 2. The predicted molar refractivity (Wildman–Crippen MR) is 150 cm³/mol. The van der Waals surface area contributed by atoms with E-state index in [0.717, 1.165) is 17.5 Å². The molecule has 212 valence electrons. The Bertz CT molecular complexity index is 1140. The molecule has 0 spiro atoms. The van der Waals surface area contributed by atoms with Crippen molar-refractivity contribution in [1.82, 2.24) is 9.80 Å². The lowest BCUT2D eigenvalue weighted by Crippen LogP contribution is -2.49. The number of carboxylic acids is 1. The Morgan fingerprint density at radius 2 is 1.77 bits per heavy atom. The van der Waals surface area contributed by atoms with Gasteiger partial charge in [-0.3, -0.25) is 14.5 Å². The molecule has 0 atom stereocenters. The Hall–Kier alpha value is -3.14. The van der Waals surface area contributed by atoms with Crippen LogP contribution in [0.1, 0.15) is 49.8 Å². The van der Waals surface area contributed by atoms with Gasteiger partial charge in [-0.1, -0.05) is 36.4 Å². The number of hydrogen-bond donors (Lipinski definition) is 2. The molecule has 0 saturated carbocycles. The van der Waals surface area contributed by atoms with Gasteiger partial charge in [0.2, 0.25) is 5.91 Å². The third kappa shape index (κ3) is 8.68. The van der Waals surface area contributed by atoms with Gasteiger partial charge in [-0.25, -0.2) is 4.79 Å². The Morgan fingerprint density at radius 1 is 1.05 bits per heavy atom. The number of halogens is 1. The van der Waals surface area contributed by atoms with Crippen LogP contribution in [0.25, 0.3) is 0 Å². The Kier molecular flexibility index (Phi) is 10.7. The molecule has 1 saturated heterocycles. The van der Waals surface area contributed by atoms with E-state index < -0.39 is 5.97 Å². The van der Waals surface area contributed by atoms with Gasteiger partial charge in [0.15, 0.2) is 0 Å². The number of fused-ring (bicyclic) bond motifs is 1. The number of anilines is 1. The number of carboxylic acid groups (broad SMARTS) is 1. The fraction of sp³-hybridized carbons (Fsp3) is 0.483. The number of carbonyl (C=O) groups is 3. The minimum absolute atomic E-state index is 0. The van der Waals surface area contributed by atoms with Crippen molar-refractivity contribution < 1.29 is 29.0 Å². The van der Waals surface area contributed by atoms with Gasteiger partial charge in [0.1, 0.15) is 13.2 Å². The standard InChI is InChI=1S/C29H37N3O6.ClH/c1-29(2)17-22-8-9-24(16-23(22)18-32(29)15-12-27(34)35)30-26(33)20-37-25-10-13-31(14-11-25)28(36)38-19-21-6-4-3-5-7-21;/h3-9,16,25H,10-15,17-20H2,1-2H3,(H,30,33)(H,34,35);1H. The van der Waals surface area contributed by atoms with Gasteiger partial charge in [0.05, 0.1) is 12.5 Å². The van der Waals surface area contributed by atoms with E-state index in [2.05, 4.69) is 24.1 Å². The lowest BCUT2D eigenvalue weighted by molar-refractivity contribution is -0.137. The maximum atomic E-state index is 12.6. The van der Waals surface area contributed by atoms with Gasteiger partial charge in [-0.2, -0.15) is 0 Å². The Morgan fingerprint density at radius 3 is 2.46 bits per heavy atom. The monoisotopic (exact) mass is 559 g/mol. The zero-order valence-corrected chi connectivity index (χ0v) is 23.4. The van der Waals surface area contributed by atoms with Crippen LogP contribution in [0.5, 0.6) is 0 Å². The first kappa shape index (κ1) is 30.4. The lowest BCUT2D eigenvalue weighted by Gasteiger charge is -2.43. The van der Waals surface area contributed by atoms with Gasteiger partial charge in [0.25, 0.3) is 0 Å². The van der Waals surface area contributed by atoms with E-state index in [4.69, 9.17) is 14.6 Å². The minimum atomic E-state index is -0.804. The molecule has 2 aliphatic heterocycles. The molecule has 1 fully saturated rings. The van der Waals surface area contributed by atoms with Crippen molar-refractivity contribution >= 4 is 36.1 Å². The van der Waals surface area contributed by atoms with Crippen LogP contribution in [0.3, 0.4) is 0 Å². The van der Waals surface area contributed by atoms with Crippen LogP contribution in [-0.4, -0.2) is 70.8 Å². The zero-order valence-electron chi connectivity index (χ0n) is 22.6. The van der Waals surface area contributed by atoms with Gasteiger partial charge in [-0.05, 0) is 61.9 Å². The van der Waals surface area contributed by atoms with Gasteiger partial charge >= 0.3 is 12.1 Å². The second-order valence-electron chi connectivity index (χ2n) is 10.6. The van der Waals surface area contributed by atoms with Crippen molar-refractivity contribution in [2.75, 3.05) is 31.6 Å². The molecule has 10 heteroatoms. The molecule has 2 aliphatic rings. The second kappa shape index (κ2) is 13.8. The van der Waals surface area contributed by atoms with E-state index in [9.17, 15) is 14.4 Å². The first-order valence-electron chi connectivity index (χ1n) is 13.2. The minimum Gasteiger partial charge on any atom is -0.481 e. The maximum Gasteiger partial charge on any atom is 0.410 e. The van der Waals surface area contributed by atoms with Crippen molar-refractivity contribution in [3.63, 3.8) is 0 Å². The SMILES string of the molecule is CC1(C)Cc2ccc(NC(=O)COC3CCN(C(=O)OCc4ccccc4)CC3)cc2CN1CCC(=O)O.Cl. The quantitative estimate of drug-likeness (QED) is 0.466. The molecule has 0 radical (unpaired) electrons. The smallest absolute Gasteiger partial charge is 0.410 e. The molecule has 4 rings (SSSR count). The highest BCUT2D eigenvalue weighted by atomic mass is 35.5. The summed E-state index contributed by atoms with van der Waals surface area (Å²) in [5, 5.41) is 12.0. The number of ether oxygens (including phenoxy) is 2. The summed E-state index contributed by atoms with van der Waals surface area (Å²) >= 11 is 0. The number of likely N-dealkylation sites (tertiary alicyclic amines) is 1. The summed E-state index contributed by atoms with van der Waals surface area (Å²) in [6, 6.07) is 15.5. The molecule has 0 unspecified atom stereocenters. The number of carbonyl (C=O) groups excluding carboxylic acids is 2. The molecule has 2 heterocycles. The Labute approximate surface area is 235 Å². The number of benzene rings is 2. The first-order chi connectivity index (χ1) is 18.2. The molecular weight excluding hydrogens is 522 g/mol. The average Bonchev–Trinajstić information content (AvgIpc) is 2.90. The average molecular weight is 560 g/mol. The summed E-state index contributed by atoms with van der Waals surface area (Å²) in [5.41, 5.74) is 3.83. The molecular formula is C29H38ClN3O6. The molecule has 0 aliphatic carbocycles. The van der Waals surface area contributed by atoms with Crippen LogP contribution in [0.2, 0.25) is 0 Å². The summed E-state index contributed by atoms with van der Waals surface area (Å²) in [5.74, 6) is -1.03. The molecule has 0 aromatic heterocycles. The molecule has 2 aromatic rings. The number of rotatable bonds is 9. The van der Waals surface area contributed by atoms with Gasteiger partial charge in [-0.15, -0.1) is 12.4 Å². The zero-order chi connectivity index (χ0) is 27.1. The third-order valence-corrected chi connectivity index (χ3v) is 7.28. The summed E-state index contributed by atoms with van der Waals surface area (Å²) in [4.78, 5) is 39.8. The highest BCUT2D eigenvalue weighted by Crippen LogP contribution is 2.32. The molecule has 9 nitrogen and oxygen atoms in total. The summed E-state index contributed by atoms with van der Waals surface area (Å²) in [6.07, 6.45) is 1.79. The molecule has 0 bridgehead atoms. The highest BCUT2D eigenvalue weighted by molar-refractivity contribution is 5.91.